The summed E-state index contributed by atoms with van der Waals surface area (Å²) in [6.45, 7) is 7.42. The fourth-order valence-electron chi connectivity index (χ4n) is 1.95. The molecular weight excluding hydrogens is 244 g/mol. The zero-order valence-electron chi connectivity index (χ0n) is 11.6. The Morgan fingerprint density at radius 1 is 1.42 bits per heavy atom. The Labute approximate surface area is 113 Å². The van der Waals surface area contributed by atoms with Gasteiger partial charge in [-0.2, -0.15) is 0 Å². The minimum Gasteiger partial charge on any atom is -0.444 e. The van der Waals surface area contributed by atoms with Crippen LogP contribution in [-0.4, -0.2) is 34.8 Å². The molecule has 1 atom stereocenters. The highest BCUT2D eigenvalue weighted by Gasteiger charge is 2.19. The first-order chi connectivity index (χ1) is 8.94. The average molecular weight is 264 g/mol. The minimum absolute atomic E-state index is 0.268. The van der Waals surface area contributed by atoms with Gasteiger partial charge in [-0.1, -0.05) is 0 Å². The Morgan fingerprint density at radius 3 is 2.63 bits per heavy atom. The van der Waals surface area contributed by atoms with E-state index < -0.39 is 11.7 Å². The van der Waals surface area contributed by atoms with E-state index in [4.69, 9.17) is 4.74 Å². The summed E-state index contributed by atoms with van der Waals surface area (Å²) in [7, 11) is 0. The predicted molar refractivity (Wildman–Crippen MR) is 72.1 cm³/mol. The zero-order valence-corrected chi connectivity index (χ0v) is 11.6. The number of ether oxygens (including phenoxy) is 1. The van der Waals surface area contributed by atoms with Crippen molar-refractivity contribution in [1.29, 1.82) is 0 Å². The highest BCUT2D eigenvalue weighted by atomic mass is 16.6. The fourth-order valence-corrected chi connectivity index (χ4v) is 1.95. The van der Waals surface area contributed by atoms with Crippen molar-refractivity contribution in [1.82, 2.24) is 15.3 Å². The van der Waals surface area contributed by atoms with Crippen molar-refractivity contribution in [2.24, 2.45) is 0 Å². The van der Waals surface area contributed by atoms with E-state index in [-0.39, 0.29) is 5.95 Å². The number of hydrogen-bond donors (Lipinski definition) is 2. The van der Waals surface area contributed by atoms with Crippen molar-refractivity contribution < 1.29 is 9.53 Å². The number of anilines is 1. The second-order valence-corrected chi connectivity index (χ2v) is 5.66. The van der Waals surface area contributed by atoms with Crippen molar-refractivity contribution in [2.75, 3.05) is 18.4 Å². The maximum absolute atomic E-state index is 11.5. The monoisotopic (exact) mass is 264 g/mol. The maximum Gasteiger partial charge on any atom is 0.414 e. The van der Waals surface area contributed by atoms with Crippen LogP contribution in [-0.2, 0) is 4.74 Å². The van der Waals surface area contributed by atoms with Gasteiger partial charge in [0, 0.05) is 24.9 Å². The number of rotatable bonds is 2. The van der Waals surface area contributed by atoms with E-state index in [1.165, 1.54) is 0 Å². The fraction of sp³-hybridized carbons (Fsp3) is 0.615. The molecule has 104 valence electrons. The van der Waals surface area contributed by atoms with Gasteiger partial charge in [0.25, 0.3) is 0 Å². The van der Waals surface area contributed by atoms with Gasteiger partial charge in [0.15, 0.2) is 0 Å². The van der Waals surface area contributed by atoms with Crippen molar-refractivity contribution in [3.05, 3.63) is 18.0 Å². The summed E-state index contributed by atoms with van der Waals surface area (Å²) in [6.07, 6.45) is 4.08. The molecular formula is C13H20N4O2. The minimum atomic E-state index is -0.539. The summed E-state index contributed by atoms with van der Waals surface area (Å²) >= 11 is 0. The maximum atomic E-state index is 11.5. The highest BCUT2D eigenvalue weighted by molar-refractivity contribution is 5.82. The Bertz CT molecular complexity index is 433. The van der Waals surface area contributed by atoms with Crippen LogP contribution in [0, 0.1) is 0 Å². The van der Waals surface area contributed by atoms with Gasteiger partial charge in [-0.05, 0) is 39.3 Å². The third kappa shape index (κ3) is 4.17. The normalized spacial score (nSPS) is 19.2. The predicted octanol–water partition coefficient (Wildman–Crippen LogP) is 1.90. The van der Waals surface area contributed by atoms with Crippen molar-refractivity contribution in [2.45, 2.75) is 38.7 Å². The molecule has 1 aliphatic rings. The van der Waals surface area contributed by atoms with Crippen LogP contribution in [0.4, 0.5) is 10.7 Å². The molecule has 2 rings (SSSR count). The molecule has 2 N–H and O–H groups in total. The Hall–Kier alpha value is -1.69. The Balaban J connectivity index is 1.93. The number of aromatic nitrogens is 2. The summed E-state index contributed by atoms with van der Waals surface area (Å²) in [5.41, 5.74) is 0.569. The summed E-state index contributed by atoms with van der Waals surface area (Å²) < 4.78 is 5.13. The van der Waals surface area contributed by atoms with Crippen LogP contribution < -0.4 is 10.6 Å². The van der Waals surface area contributed by atoms with E-state index in [1.54, 1.807) is 12.4 Å². The van der Waals surface area contributed by atoms with Gasteiger partial charge in [0.05, 0.1) is 0 Å². The number of carbonyl (C=O) groups excluding carboxylic acids is 1. The molecule has 1 aromatic rings. The standard InChI is InChI=1S/C13H20N4O2/c1-13(2,3)19-12(18)17-11-15-7-10(8-16-11)9-4-5-14-6-9/h7-9,14H,4-6H2,1-3H3,(H,15,16,17,18). The average Bonchev–Trinajstić information content (AvgIpc) is 2.80. The van der Waals surface area contributed by atoms with E-state index in [1.807, 2.05) is 20.8 Å². The van der Waals surface area contributed by atoms with Crippen LogP contribution in [0.1, 0.15) is 38.7 Å². The van der Waals surface area contributed by atoms with Crippen molar-refractivity contribution in [3.63, 3.8) is 0 Å². The van der Waals surface area contributed by atoms with E-state index >= 15 is 0 Å². The number of nitrogens with one attached hydrogen (secondary N) is 2. The third-order valence-electron chi connectivity index (χ3n) is 2.82. The molecule has 1 aromatic heterocycles. The molecule has 1 amide bonds. The lowest BCUT2D eigenvalue weighted by Gasteiger charge is -2.19. The molecule has 0 spiro atoms. The lowest BCUT2D eigenvalue weighted by atomic mass is 10.0. The number of hydrogen-bond acceptors (Lipinski definition) is 5. The van der Waals surface area contributed by atoms with E-state index in [0.717, 1.165) is 25.1 Å². The molecule has 19 heavy (non-hydrogen) atoms. The largest absolute Gasteiger partial charge is 0.444 e. The molecule has 6 nitrogen and oxygen atoms in total. The van der Waals surface area contributed by atoms with E-state index in [9.17, 15) is 4.79 Å². The van der Waals surface area contributed by atoms with Gasteiger partial charge in [-0.25, -0.2) is 14.8 Å². The quantitative estimate of drug-likeness (QED) is 0.853. The SMILES string of the molecule is CC(C)(C)OC(=O)Nc1ncc(C2CCNC2)cn1. The van der Waals surface area contributed by atoms with Crippen LogP contribution in [0.3, 0.4) is 0 Å². The molecule has 6 heteroatoms. The van der Waals surface area contributed by atoms with Gasteiger partial charge in [-0.15, -0.1) is 0 Å². The first kappa shape index (κ1) is 13.7. The summed E-state index contributed by atoms with van der Waals surface area (Å²) in [4.78, 5) is 19.8. The van der Waals surface area contributed by atoms with Crippen LogP contribution in [0.2, 0.25) is 0 Å². The number of nitrogens with zero attached hydrogens (tertiary/aromatic N) is 2. The lowest BCUT2D eigenvalue weighted by Crippen LogP contribution is -2.27. The lowest BCUT2D eigenvalue weighted by molar-refractivity contribution is 0.0634. The molecule has 1 aliphatic heterocycles. The molecule has 1 unspecified atom stereocenters. The molecule has 0 saturated carbocycles. The molecule has 0 aliphatic carbocycles. The van der Waals surface area contributed by atoms with Crippen molar-refractivity contribution in [3.8, 4) is 0 Å². The first-order valence-electron chi connectivity index (χ1n) is 6.47. The Kier molecular flexibility index (Phi) is 3.99. The number of carbonyl (C=O) groups is 1. The molecule has 0 aromatic carbocycles. The van der Waals surface area contributed by atoms with Crippen LogP contribution >= 0.6 is 0 Å². The van der Waals surface area contributed by atoms with Crippen LogP contribution in [0.25, 0.3) is 0 Å². The van der Waals surface area contributed by atoms with Gasteiger partial charge in [0.1, 0.15) is 5.60 Å². The van der Waals surface area contributed by atoms with Crippen LogP contribution in [0.5, 0.6) is 0 Å². The van der Waals surface area contributed by atoms with Gasteiger partial charge < -0.3 is 10.1 Å². The van der Waals surface area contributed by atoms with Gasteiger partial charge >= 0.3 is 6.09 Å². The highest BCUT2D eigenvalue weighted by Crippen LogP contribution is 2.21. The summed E-state index contributed by atoms with van der Waals surface area (Å²) in [5, 5.41) is 5.82. The van der Waals surface area contributed by atoms with E-state index in [2.05, 4.69) is 20.6 Å². The number of amides is 1. The second kappa shape index (κ2) is 5.52. The molecule has 1 saturated heterocycles. The Morgan fingerprint density at radius 2 is 2.11 bits per heavy atom. The zero-order chi connectivity index (χ0) is 13.9. The molecule has 0 radical (unpaired) electrons. The molecule has 2 heterocycles. The third-order valence-corrected chi connectivity index (χ3v) is 2.82. The smallest absolute Gasteiger partial charge is 0.414 e. The topological polar surface area (TPSA) is 76.1 Å². The second-order valence-electron chi connectivity index (χ2n) is 5.66. The van der Waals surface area contributed by atoms with Crippen LogP contribution in [0.15, 0.2) is 12.4 Å². The van der Waals surface area contributed by atoms with Gasteiger partial charge in [0.2, 0.25) is 5.95 Å². The summed E-state index contributed by atoms with van der Waals surface area (Å²) in [6, 6.07) is 0. The summed E-state index contributed by atoms with van der Waals surface area (Å²) in [5.74, 6) is 0.736. The van der Waals surface area contributed by atoms with Crippen molar-refractivity contribution >= 4 is 12.0 Å². The van der Waals surface area contributed by atoms with E-state index in [0.29, 0.717) is 5.92 Å². The first-order valence-corrected chi connectivity index (χ1v) is 6.47. The van der Waals surface area contributed by atoms with Gasteiger partial charge in [-0.3, -0.25) is 5.32 Å². The molecule has 0 bridgehead atoms. The molecule has 1 fully saturated rings.